The second-order valence-corrected chi connectivity index (χ2v) is 13.2. The van der Waals surface area contributed by atoms with Gasteiger partial charge in [0, 0.05) is 24.8 Å². The van der Waals surface area contributed by atoms with Crippen LogP contribution < -0.4 is 21.7 Å². The van der Waals surface area contributed by atoms with E-state index in [0.29, 0.717) is 12.8 Å². The van der Waals surface area contributed by atoms with Crippen LogP contribution in [0, 0.1) is 0 Å². The Bertz CT molecular complexity index is 847. The summed E-state index contributed by atoms with van der Waals surface area (Å²) < 4.78 is 9.24. The number of carboxylic acids is 2. The minimum absolute atomic E-state index is 0. The van der Waals surface area contributed by atoms with Crippen LogP contribution in [0.5, 0.6) is 0 Å². The van der Waals surface area contributed by atoms with Gasteiger partial charge in [-0.15, -0.1) is 0 Å². The molecule has 0 rings (SSSR count). The van der Waals surface area contributed by atoms with Crippen molar-refractivity contribution in [2.24, 2.45) is 11.5 Å². The molecule has 0 aliphatic heterocycles. The second kappa shape index (κ2) is 39.6. The molecule has 13 heteroatoms. The van der Waals surface area contributed by atoms with Crippen LogP contribution in [0.15, 0.2) is 0 Å². The number of rotatable bonds is 32. The molecule has 2 atom stereocenters. The van der Waals surface area contributed by atoms with Gasteiger partial charge in [0.2, 0.25) is 0 Å². The summed E-state index contributed by atoms with van der Waals surface area (Å²) in [7, 11) is 0. The maximum Gasteiger partial charge on any atom is 2.00 e. The van der Waals surface area contributed by atoms with Gasteiger partial charge in [-0.2, -0.15) is 0 Å². The van der Waals surface area contributed by atoms with Gasteiger partial charge in [0.05, 0.1) is 0 Å². The van der Waals surface area contributed by atoms with E-state index in [1.807, 2.05) is 0 Å². The van der Waals surface area contributed by atoms with E-state index < -0.39 is 47.9 Å². The Morgan fingerprint density at radius 1 is 0.431 bits per heavy atom. The third-order valence-electron chi connectivity index (χ3n) is 8.32. The molecule has 0 aromatic carbocycles. The number of esters is 4. The van der Waals surface area contributed by atoms with Crippen molar-refractivity contribution in [2.75, 3.05) is 0 Å². The smallest absolute Gasteiger partial charge is 0.550 e. The number of carboxylic acid groups (broad SMARTS) is 2. The molecule has 0 saturated carbocycles. The molecule has 292 valence electrons. The summed E-state index contributed by atoms with van der Waals surface area (Å²) in [5, 5.41) is 20.6. The third kappa shape index (κ3) is 41.0. The summed E-state index contributed by atoms with van der Waals surface area (Å²) in [6.07, 6.45) is 25.6. The monoisotopic (exact) mass is 752 g/mol. The molecule has 0 spiro atoms. The zero-order valence-electron chi connectivity index (χ0n) is 31.9. The summed E-state index contributed by atoms with van der Waals surface area (Å²) in [5.74, 6) is -5.48. The average Bonchev–Trinajstić information content (AvgIpc) is 3.07. The zero-order valence-corrected chi connectivity index (χ0v) is 34.1. The number of nitrogens with two attached hydrogens (primary N) is 2. The minimum Gasteiger partial charge on any atom is -0.550 e. The van der Waals surface area contributed by atoms with E-state index in [2.05, 4.69) is 23.3 Å². The molecule has 0 bridgehead atoms. The van der Waals surface area contributed by atoms with Crippen LogP contribution in [-0.2, 0) is 38.2 Å². The van der Waals surface area contributed by atoms with E-state index in [0.717, 1.165) is 25.7 Å². The number of carbonyl (C=O) groups excluding carboxylic acids is 6. The summed E-state index contributed by atoms with van der Waals surface area (Å²) in [6.45, 7) is 4.44. The van der Waals surface area contributed by atoms with Crippen molar-refractivity contribution >= 4 is 73.6 Å². The number of carbonyl (C=O) groups is 6. The topological polar surface area (TPSA) is 219 Å². The van der Waals surface area contributed by atoms with E-state index in [9.17, 15) is 39.0 Å². The number of ether oxygens (including phenoxy) is 2. The van der Waals surface area contributed by atoms with Gasteiger partial charge in [0.1, 0.15) is 12.1 Å². The molecule has 12 nitrogen and oxygen atoms in total. The molecule has 0 aliphatic rings. The molecule has 2 unspecified atom stereocenters. The maximum absolute atomic E-state index is 11.5. The molecule has 4 N–H and O–H groups in total. The predicted octanol–water partition coefficient (Wildman–Crippen LogP) is 4.85. The van der Waals surface area contributed by atoms with Crippen LogP contribution in [0.2, 0.25) is 0 Å². The fraction of sp³-hybridized carbons (Fsp3) is 0.842. The van der Waals surface area contributed by atoms with Gasteiger partial charge in [-0.25, -0.2) is 9.59 Å². The Morgan fingerprint density at radius 2 is 0.667 bits per heavy atom. The number of aliphatic carboxylic acids is 2. The fourth-order valence-corrected chi connectivity index (χ4v) is 5.13. The first-order valence-electron chi connectivity index (χ1n) is 19.3. The molecule has 0 aromatic rings. The molecule has 0 fully saturated rings. The Kier molecular flexibility index (Phi) is 41.7. The van der Waals surface area contributed by atoms with Crippen molar-refractivity contribution < 1.29 is 48.5 Å². The summed E-state index contributed by atoms with van der Waals surface area (Å²) in [6, 6.07) is -2.20. The van der Waals surface area contributed by atoms with Crippen LogP contribution in [0.1, 0.15) is 194 Å². The molecule has 0 aliphatic carbocycles. The second-order valence-electron chi connectivity index (χ2n) is 13.2. The molecule has 0 saturated heterocycles. The molecule has 0 aromatic heterocycles. The van der Waals surface area contributed by atoms with E-state index >= 15 is 0 Å². The maximum atomic E-state index is 11.5. The summed E-state index contributed by atoms with van der Waals surface area (Å²) >= 11 is 0. The third-order valence-corrected chi connectivity index (χ3v) is 8.32. The average molecular weight is 753 g/mol. The predicted molar refractivity (Wildman–Crippen MR) is 195 cm³/mol. The van der Waals surface area contributed by atoms with Crippen LogP contribution in [0.4, 0.5) is 0 Å². The Labute approximate surface area is 337 Å². The number of hydrogen-bond acceptors (Lipinski definition) is 12. The normalized spacial score (nSPS) is 11.7. The SMILES string of the molecule is CCCCCCCCCCCCCC(=O)OC(=O)C(N)CCC(=O)[O-].CCCCCCCCCCCCCC(=O)OC(=O)C(N)CCC(=O)[O-].[Ca+2]. The first-order chi connectivity index (χ1) is 23.9. The van der Waals surface area contributed by atoms with Crippen molar-refractivity contribution in [3.05, 3.63) is 0 Å². The quantitative estimate of drug-likeness (QED) is 0.0408. The Morgan fingerprint density at radius 3 is 0.902 bits per heavy atom. The largest absolute Gasteiger partial charge is 2.00 e. The molecule has 51 heavy (non-hydrogen) atoms. The number of unbranched alkanes of at least 4 members (excludes halogenated alkanes) is 20. The van der Waals surface area contributed by atoms with Crippen molar-refractivity contribution in [3.8, 4) is 0 Å². The molecular formula is C38H68CaN2O10. The van der Waals surface area contributed by atoms with Gasteiger partial charge in [-0.3, -0.25) is 9.59 Å². The van der Waals surface area contributed by atoms with Gasteiger partial charge in [0.25, 0.3) is 0 Å². The first-order valence-corrected chi connectivity index (χ1v) is 19.3. The van der Waals surface area contributed by atoms with Crippen LogP contribution in [0.25, 0.3) is 0 Å². The standard InChI is InChI=1S/2C19H35NO5.Ca/c2*1-2-3-4-5-6-7-8-9-10-11-12-13-18(23)25-19(24)16(20)14-15-17(21)22;/h2*16H,2-15,20H2,1H3,(H,21,22);/q;;+2/p-2. The first kappa shape index (κ1) is 53.8. The van der Waals surface area contributed by atoms with Crippen LogP contribution in [0.3, 0.4) is 0 Å². The summed E-state index contributed by atoms with van der Waals surface area (Å²) in [5.41, 5.74) is 10.9. The Balaban J connectivity index is -0.000000886. The Hall–Kier alpha value is -1.60. The molecule has 0 heterocycles. The van der Waals surface area contributed by atoms with Crippen LogP contribution >= 0.6 is 0 Å². The van der Waals surface area contributed by atoms with E-state index in [-0.39, 0.29) is 76.3 Å². The van der Waals surface area contributed by atoms with Gasteiger partial charge in [0.15, 0.2) is 0 Å². The molecule has 0 radical (unpaired) electrons. The van der Waals surface area contributed by atoms with Crippen molar-refractivity contribution in [2.45, 2.75) is 206 Å². The number of hydrogen-bond donors (Lipinski definition) is 2. The van der Waals surface area contributed by atoms with Gasteiger partial charge in [-0.1, -0.05) is 142 Å². The minimum atomic E-state index is -1.28. The fourth-order valence-electron chi connectivity index (χ4n) is 5.13. The van der Waals surface area contributed by atoms with Crippen molar-refractivity contribution in [3.63, 3.8) is 0 Å². The van der Waals surface area contributed by atoms with Crippen molar-refractivity contribution in [1.29, 1.82) is 0 Å². The summed E-state index contributed by atoms with van der Waals surface area (Å²) in [4.78, 5) is 66.6. The van der Waals surface area contributed by atoms with E-state index in [1.165, 1.54) is 103 Å². The van der Waals surface area contributed by atoms with Crippen LogP contribution in [-0.4, -0.2) is 85.6 Å². The van der Waals surface area contributed by atoms with Crippen molar-refractivity contribution in [1.82, 2.24) is 0 Å². The van der Waals surface area contributed by atoms with E-state index in [1.54, 1.807) is 0 Å². The molecular weight excluding hydrogens is 685 g/mol. The van der Waals surface area contributed by atoms with Gasteiger partial charge in [-0.05, 0) is 38.5 Å². The molecule has 0 amide bonds. The van der Waals surface area contributed by atoms with E-state index in [4.69, 9.17) is 11.5 Å². The zero-order chi connectivity index (χ0) is 37.8. The van der Waals surface area contributed by atoms with Gasteiger partial charge >= 0.3 is 61.6 Å². The van der Waals surface area contributed by atoms with Gasteiger partial charge < -0.3 is 40.7 Å².